The Balaban J connectivity index is 1.37. The van der Waals surface area contributed by atoms with Crippen LogP contribution in [0.15, 0.2) is 54.6 Å². The zero-order chi connectivity index (χ0) is 14.9. The highest BCUT2D eigenvalue weighted by atomic mass is 16.2. The molecule has 0 saturated heterocycles. The van der Waals surface area contributed by atoms with Crippen molar-refractivity contribution in [1.29, 1.82) is 0 Å². The van der Waals surface area contributed by atoms with Gasteiger partial charge < -0.3 is 10.3 Å². The number of imidazole rings is 1. The number of hydrogen-bond donors (Lipinski definition) is 3. The Morgan fingerprint density at radius 1 is 1.09 bits per heavy atom. The van der Waals surface area contributed by atoms with Gasteiger partial charge in [0.15, 0.2) is 0 Å². The lowest BCUT2D eigenvalue weighted by Gasteiger charge is -2.05. The van der Waals surface area contributed by atoms with E-state index in [2.05, 4.69) is 32.7 Å². The average molecular weight is 292 g/mol. The highest BCUT2D eigenvalue weighted by molar-refractivity contribution is 5.90. The van der Waals surface area contributed by atoms with Gasteiger partial charge in [0.2, 0.25) is 5.95 Å². The molecule has 3 N–H and O–H groups in total. The number of para-hydroxylation sites is 2. The third-order valence-corrected chi connectivity index (χ3v) is 3.96. The summed E-state index contributed by atoms with van der Waals surface area (Å²) in [5, 5.41) is 5.74. The van der Waals surface area contributed by atoms with Crippen molar-refractivity contribution in [2.45, 2.75) is 18.4 Å². The molecule has 1 aliphatic rings. The molecular weight excluding hydrogens is 276 g/mol. The minimum Gasteiger partial charge on any atom is -0.334 e. The Morgan fingerprint density at radius 2 is 1.86 bits per heavy atom. The van der Waals surface area contributed by atoms with Gasteiger partial charge in [0.05, 0.1) is 11.0 Å². The van der Waals surface area contributed by atoms with E-state index >= 15 is 0 Å². The molecule has 2 atom stereocenters. The Morgan fingerprint density at radius 3 is 2.68 bits per heavy atom. The fourth-order valence-corrected chi connectivity index (χ4v) is 2.75. The van der Waals surface area contributed by atoms with Gasteiger partial charge in [0.25, 0.3) is 0 Å². The van der Waals surface area contributed by atoms with Crippen molar-refractivity contribution >= 4 is 23.0 Å². The zero-order valence-corrected chi connectivity index (χ0v) is 11.9. The number of benzene rings is 2. The fourth-order valence-electron chi connectivity index (χ4n) is 2.75. The number of urea groups is 1. The number of rotatable bonds is 3. The standard InChI is InChI=1S/C17H16N4O/c22-17(20-15-10-12(15)11-6-2-1-3-7-11)21-16-18-13-8-4-5-9-14(13)19-16/h1-9,12,15H,10H2,(H3,18,19,20,21,22). The smallest absolute Gasteiger partial charge is 0.321 e. The molecule has 2 amide bonds. The van der Waals surface area contributed by atoms with Gasteiger partial charge in [-0.05, 0) is 24.1 Å². The Bertz CT molecular complexity index is 779. The quantitative estimate of drug-likeness (QED) is 0.693. The Labute approximate surface area is 127 Å². The van der Waals surface area contributed by atoms with E-state index in [0.717, 1.165) is 17.5 Å². The number of carbonyl (C=O) groups excluding carboxylic acids is 1. The molecular formula is C17H16N4O. The first-order valence-corrected chi connectivity index (χ1v) is 7.37. The molecule has 1 heterocycles. The van der Waals surface area contributed by atoms with Gasteiger partial charge in [-0.15, -0.1) is 0 Å². The van der Waals surface area contributed by atoms with Crippen LogP contribution in [0.3, 0.4) is 0 Å². The predicted molar refractivity (Wildman–Crippen MR) is 85.8 cm³/mol. The largest absolute Gasteiger partial charge is 0.334 e. The summed E-state index contributed by atoms with van der Waals surface area (Å²) < 4.78 is 0. The van der Waals surface area contributed by atoms with E-state index in [1.54, 1.807) is 0 Å². The summed E-state index contributed by atoms with van der Waals surface area (Å²) >= 11 is 0. The van der Waals surface area contributed by atoms with E-state index < -0.39 is 0 Å². The van der Waals surface area contributed by atoms with Crippen LogP contribution in [-0.2, 0) is 0 Å². The second-order valence-electron chi connectivity index (χ2n) is 5.56. The molecule has 0 spiro atoms. The maximum atomic E-state index is 12.0. The van der Waals surface area contributed by atoms with E-state index in [1.807, 2.05) is 42.5 Å². The molecule has 5 heteroatoms. The van der Waals surface area contributed by atoms with Crippen LogP contribution in [0.4, 0.5) is 10.7 Å². The van der Waals surface area contributed by atoms with Gasteiger partial charge in [0.1, 0.15) is 0 Å². The molecule has 1 saturated carbocycles. The summed E-state index contributed by atoms with van der Waals surface area (Å²) in [7, 11) is 0. The Hall–Kier alpha value is -2.82. The minimum atomic E-state index is -0.220. The lowest BCUT2D eigenvalue weighted by Crippen LogP contribution is -2.31. The van der Waals surface area contributed by atoms with Gasteiger partial charge in [0, 0.05) is 12.0 Å². The van der Waals surface area contributed by atoms with Gasteiger partial charge in [-0.1, -0.05) is 42.5 Å². The third-order valence-electron chi connectivity index (χ3n) is 3.96. The van der Waals surface area contributed by atoms with E-state index in [0.29, 0.717) is 11.9 Å². The number of carbonyl (C=O) groups is 1. The summed E-state index contributed by atoms with van der Waals surface area (Å²) in [5.74, 6) is 0.887. The summed E-state index contributed by atoms with van der Waals surface area (Å²) in [6.45, 7) is 0. The van der Waals surface area contributed by atoms with Crippen molar-refractivity contribution in [3.63, 3.8) is 0 Å². The first-order valence-electron chi connectivity index (χ1n) is 7.37. The molecule has 1 fully saturated rings. The molecule has 110 valence electrons. The van der Waals surface area contributed by atoms with Crippen molar-refractivity contribution in [1.82, 2.24) is 15.3 Å². The zero-order valence-electron chi connectivity index (χ0n) is 11.9. The molecule has 0 bridgehead atoms. The van der Waals surface area contributed by atoms with Crippen LogP contribution < -0.4 is 10.6 Å². The van der Waals surface area contributed by atoms with Gasteiger partial charge >= 0.3 is 6.03 Å². The number of H-pyrrole nitrogens is 1. The second kappa shape index (κ2) is 5.18. The number of amides is 2. The number of aromatic amines is 1. The number of hydrogen-bond acceptors (Lipinski definition) is 2. The molecule has 1 aromatic heterocycles. The van der Waals surface area contributed by atoms with Crippen molar-refractivity contribution in [2.75, 3.05) is 5.32 Å². The van der Waals surface area contributed by atoms with E-state index in [4.69, 9.17) is 0 Å². The van der Waals surface area contributed by atoms with Crippen LogP contribution in [0, 0.1) is 0 Å². The highest BCUT2D eigenvalue weighted by Crippen LogP contribution is 2.40. The molecule has 2 unspecified atom stereocenters. The molecule has 22 heavy (non-hydrogen) atoms. The van der Waals surface area contributed by atoms with E-state index in [9.17, 15) is 4.79 Å². The Kier molecular flexibility index (Phi) is 3.04. The SMILES string of the molecule is O=C(Nc1nc2ccccc2[nH]1)NC1CC1c1ccccc1. The molecule has 0 radical (unpaired) electrons. The maximum Gasteiger partial charge on any atom is 0.321 e. The monoisotopic (exact) mass is 292 g/mol. The van der Waals surface area contributed by atoms with Gasteiger partial charge in [-0.2, -0.15) is 0 Å². The second-order valence-corrected chi connectivity index (χ2v) is 5.56. The van der Waals surface area contributed by atoms with E-state index in [-0.39, 0.29) is 12.1 Å². The maximum absolute atomic E-state index is 12.0. The number of anilines is 1. The molecule has 5 nitrogen and oxygen atoms in total. The molecule has 2 aromatic carbocycles. The molecule has 3 aromatic rings. The number of fused-ring (bicyclic) bond motifs is 1. The summed E-state index contributed by atoms with van der Waals surface area (Å²) in [4.78, 5) is 19.4. The number of aromatic nitrogens is 2. The first kappa shape index (κ1) is 12.9. The number of nitrogens with zero attached hydrogens (tertiary/aromatic N) is 1. The molecule has 1 aliphatic carbocycles. The van der Waals surface area contributed by atoms with Crippen LogP contribution >= 0.6 is 0 Å². The lowest BCUT2D eigenvalue weighted by atomic mass is 10.1. The van der Waals surface area contributed by atoms with Crippen molar-refractivity contribution < 1.29 is 4.79 Å². The third kappa shape index (κ3) is 2.53. The highest BCUT2D eigenvalue weighted by Gasteiger charge is 2.39. The van der Waals surface area contributed by atoms with Crippen LogP contribution in [0.5, 0.6) is 0 Å². The lowest BCUT2D eigenvalue weighted by molar-refractivity contribution is 0.251. The van der Waals surface area contributed by atoms with Crippen molar-refractivity contribution in [2.24, 2.45) is 0 Å². The molecule has 4 rings (SSSR count). The van der Waals surface area contributed by atoms with Crippen LogP contribution in [0.1, 0.15) is 17.9 Å². The minimum absolute atomic E-state index is 0.201. The van der Waals surface area contributed by atoms with Gasteiger partial charge in [-0.3, -0.25) is 5.32 Å². The summed E-state index contributed by atoms with van der Waals surface area (Å²) in [6.07, 6.45) is 0.984. The van der Waals surface area contributed by atoms with Crippen LogP contribution in [0.2, 0.25) is 0 Å². The van der Waals surface area contributed by atoms with Crippen LogP contribution in [-0.4, -0.2) is 22.0 Å². The average Bonchev–Trinajstić information content (AvgIpc) is 3.17. The van der Waals surface area contributed by atoms with Crippen molar-refractivity contribution in [3.05, 3.63) is 60.2 Å². The fraction of sp³-hybridized carbons (Fsp3) is 0.176. The topological polar surface area (TPSA) is 69.8 Å². The number of nitrogens with one attached hydrogen (secondary N) is 3. The summed E-state index contributed by atoms with van der Waals surface area (Å²) in [6, 6.07) is 17.9. The predicted octanol–water partition coefficient (Wildman–Crippen LogP) is 3.24. The first-order chi connectivity index (χ1) is 10.8. The van der Waals surface area contributed by atoms with Gasteiger partial charge in [-0.25, -0.2) is 9.78 Å². The molecule has 0 aliphatic heterocycles. The summed E-state index contributed by atoms with van der Waals surface area (Å²) in [5.41, 5.74) is 3.02. The van der Waals surface area contributed by atoms with Crippen LogP contribution in [0.25, 0.3) is 11.0 Å². The normalized spacial score (nSPS) is 19.8. The van der Waals surface area contributed by atoms with Crippen molar-refractivity contribution in [3.8, 4) is 0 Å². The van der Waals surface area contributed by atoms with E-state index in [1.165, 1.54) is 5.56 Å².